The second-order valence-electron chi connectivity index (χ2n) is 6.72. The maximum absolute atomic E-state index is 12.8. The van der Waals surface area contributed by atoms with Crippen LogP contribution in [0.2, 0.25) is 0 Å². The molecule has 25 heavy (non-hydrogen) atoms. The van der Waals surface area contributed by atoms with E-state index >= 15 is 0 Å². The van der Waals surface area contributed by atoms with Gasteiger partial charge < -0.3 is 15.4 Å². The van der Waals surface area contributed by atoms with Crippen molar-refractivity contribution in [2.45, 2.75) is 25.4 Å². The summed E-state index contributed by atoms with van der Waals surface area (Å²) in [5, 5.41) is 6.44. The third-order valence-corrected chi connectivity index (χ3v) is 5.16. The van der Waals surface area contributed by atoms with Crippen LogP contribution in [0, 0.1) is 5.41 Å². The maximum Gasteiger partial charge on any atom is 0.230 e. The fourth-order valence-electron chi connectivity index (χ4n) is 3.69. The van der Waals surface area contributed by atoms with E-state index in [0.29, 0.717) is 19.8 Å². The summed E-state index contributed by atoms with van der Waals surface area (Å²) >= 11 is 0. The molecule has 2 aromatic rings. The molecule has 6 heteroatoms. The van der Waals surface area contributed by atoms with Crippen LogP contribution in [0.1, 0.15) is 18.5 Å². The number of hydrogen-bond acceptors (Lipinski definition) is 5. The van der Waals surface area contributed by atoms with Crippen molar-refractivity contribution >= 4 is 5.91 Å². The number of piperidine rings is 1. The van der Waals surface area contributed by atoms with E-state index in [4.69, 9.17) is 4.74 Å². The van der Waals surface area contributed by atoms with E-state index in [1.807, 2.05) is 30.3 Å². The van der Waals surface area contributed by atoms with Gasteiger partial charge in [0.1, 0.15) is 0 Å². The average Bonchev–Trinajstić information content (AvgIpc) is 3.12. The Bertz CT molecular complexity index is 735. The van der Waals surface area contributed by atoms with Crippen molar-refractivity contribution in [2.75, 3.05) is 19.8 Å². The number of rotatable bonds is 4. The second-order valence-corrected chi connectivity index (χ2v) is 6.72. The fourth-order valence-corrected chi connectivity index (χ4v) is 3.69. The normalized spacial score (nSPS) is 25.4. The third kappa shape index (κ3) is 3.15. The maximum atomic E-state index is 12.8. The molecule has 0 aliphatic carbocycles. The van der Waals surface area contributed by atoms with Crippen LogP contribution < -0.4 is 10.6 Å². The summed E-state index contributed by atoms with van der Waals surface area (Å²) in [5.74, 6) is 0.0520. The number of carbonyl (C=O) groups is 1. The predicted molar refractivity (Wildman–Crippen MR) is 93.6 cm³/mol. The number of carbonyl (C=O) groups excluding carboxylic acids is 1. The van der Waals surface area contributed by atoms with E-state index in [0.717, 1.165) is 36.3 Å². The summed E-state index contributed by atoms with van der Waals surface area (Å²) in [7, 11) is 0. The first kappa shape index (κ1) is 16.2. The minimum Gasteiger partial charge on any atom is -0.379 e. The Balaban J connectivity index is 1.40. The highest BCUT2D eigenvalue weighted by molar-refractivity contribution is 5.84. The van der Waals surface area contributed by atoms with Gasteiger partial charge in [0.25, 0.3) is 0 Å². The Morgan fingerprint density at radius 1 is 1.28 bits per heavy atom. The summed E-state index contributed by atoms with van der Waals surface area (Å²) in [4.78, 5) is 21.7. The van der Waals surface area contributed by atoms with Crippen LogP contribution in [0.4, 0.5) is 0 Å². The number of ether oxygens (including phenoxy) is 1. The molecular weight excluding hydrogens is 316 g/mol. The molecule has 6 nitrogen and oxygen atoms in total. The van der Waals surface area contributed by atoms with Crippen LogP contribution in [0.3, 0.4) is 0 Å². The summed E-state index contributed by atoms with van der Waals surface area (Å²) in [5.41, 5.74) is 2.18. The summed E-state index contributed by atoms with van der Waals surface area (Å²) in [6, 6.07) is 10.0. The number of nitrogens with zero attached hydrogens (tertiary/aromatic N) is 2. The Hall–Kier alpha value is -2.31. The molecule has 2 fully saturated rings. The van der Waals surface area contributed by atoms with Gasteiger partial charge in [-0.3, -0.25) is 14.8 Å². The van der Waals surface area contributed by atoms with Crippen LogP contribution in [-0.2, 0) is 16.1 Å². The lowest BCUT2D eigenvalue weighted by atomic mass is 9.75. The molecule has 130 valence electrons. The molecule has 2 atom stereocenters. The first-order valence-electron chi connectivity index (χ1n) is 8.74. The number of hydrogen-bond donors (Lipinski definition) is 2. The van der Waals surface area contributed by atoms with Gasteiger partial charge in [-0.25, -0.2) is 0 Å². The molecule has 1 amide bonds. The summed E-state index contributed by atoms with van der Waals surface area (Å²) < 4.78 is 5.58. The zero-order valence-electron chi connectivity index (χ0n) is 14.1. The molecule has 0 unspecified atom stereocenters. The largest absolute Gasteiger partial charge is 0.379 e. The average molecular weight is 338 g/mol. The first-order chi connectivity index (χ1) is 12.3. The Kier molecular flexibility index (Phi) is 4.46. The zero-order chi connectivity index (χ0) is 17.1. The number of fused-ring (bicyclic) bond motifs is 1. The predicted octanol–water partition coefficient (Wildman–Crippen LogP) is 1.53. The van der Waals surface area contributed by atoms with Gasteiger partial charge in [-0.2, -0.15) is 0 Å². The molecule has 0 spiro atoms. The lowest BCUT2D eigenvalue weighted by Crippen LogP contribution is -2.56. The molecule has 2 N–H and O–H groups in total. The van der Waals surface area contributed by atoms with Crippen LogP contribution >= 0.6 is 0 Å². The van der Waals surface area contributed by atoms with Crippen molar-refractivity contribution < 1.29 is 9.53 Å². The van der Waals surface area contributed by atoms with Crippen LogP contribution in [0.5, 0.6) is 0 Å². The highest BCUT2D eigenvalue weighted by Crippen LogP contribution is 2.36. The molecule has 0 saturated carbocycles. The Morgan fingerprint density at radius 2 is 2.16 bits per heavy atom. The van der Waals surface area contributed by atoms with E-state index in [1.54, 1.807) is 12.4 Å². The molecule has 0 bridgehead atoms. The highest BCUT2D eigenvalue weighted by atomic mass is 16.5. The van der Waals surface area contributed by atoms with Gasteiger partial charge in [-0.05, 0) is 19.4 Å². The highest BCUT2D eigenvalue weighted by Gasteiger charge is 2.51. The molecule has 0 radical (unpaired) electrons. The smallest absolute Gasteiger partial charge is 0.230 e. The van der Waals surface area contributed by atoms with E-state index < -0.39 is 5.41 Å². The van der Waals surface area contributed by atoms with Crippen molar-refractivity contribution in [3.63, 3.8) is 0 Å². The zero-order valence-corrected chi connectivity index (χ0v) is 14.1. The number of nitrogens with one attached hydrogen (secondary N) is 2. The number of amides is 1. The quantitative estimate of drug-likeness (QED) is 0.884. The van der Waals surface area contributed by atoms with Gasteiger partial charge in [-0.1, -0.05) is 30.3 Å². The molecule has 4 rings (SSSR count). The number of benzene rings is 1. The van der Waals surface area contributed by atoms with Crippen LogP contribution in [0.15, 0.2) is 42.7 Å². The lowest BCUT2D eigenvalue weighted by molar-refractivity contribution is -0.133. The molecule has 2 aliphatic rings. The minimum atomic E-state index is -0.435. The van der Waals surface area contributed by atoms with E-state index in [-0.39, 0.29) is 11.9 Å². The van der Waals surface area contributed by atoms with Crippen LogP contribution in [-0.4, -0.2) is 41.7 Å². The molecule has 3 heterocycles. The minimum absolute atomic E-state index is 0.0520. The van der Waals surface area contributed by atoms with Gasteiger partial charge >= 0.3 is 0 Å². The topological polar surface area (TPSA) is 76.1 Å². The monoisotopic (exact) mass is 338 g/mol. The standard InChI is InChI=1S/C19H22N4O2/c24-18(19-7-4-8-20-17(19)12-25-13-19)23-10-15-9-22-16(11-21-15)14-5-2-1-3-6-14/h1-3,5-6,9,11,17,20H,4,7-8,10,12-13H2,(H,23,24)/t17-,19-/m1/s1. The molecule has 2 aliphatic heterocycles. The van der Waals surface area contributed by atoms with Crippen LogP contribution in [0.25, 0.3) is 11.3 Å². The van der Waals surface area contributed by atoms with Gasteiger partial charge in [0.05, 0.1) is 49.0 Å². The number of aromatic nitrogens is 2. The first-order valence-corrected chi connectivity index (χ1v) is 8.74. The Labute approximate surface area is 147 Å². The van der Waals surface area contributed by atoms with E-state index in [9.17, 15) is 4.79 Å². The lowest BCUT2D eigenvalue weighted by Gasteiger charge is -2.36. The Morgan fingerprint density at radius 3 is 2.96 bits per heavy atom. The van der Waals surface area contributed by atoms with E-state index in [2.05, 4.69) is 20.6 Å². The molecule has 1 aromatic heterocycles. The third-order valence-electron chi connectivity index (χ3n) is 5.16. The van der Waals surface area contributed by atoms with Crippen molar-refractivity contribution in [3.05, 3.63) is 48.4 Å². The van der Waals surface area contributed by atoms with E-state index in [1.165, 1.54) is 0 Å². The molecular formula is C19H22N4O2. The van der Waals surface area contributed by atoms with Gasteiger partial charge in [0.15, 0.2) is 0 Å². The van der Waals surface area contributed by atoms with Gasteiger partial charge in [0, 0.05) is 11.6 Å². The van der Waals surface area contributed by atoms with Crippen molar-refractivity contribution in [1.29, 1.82) is 0 Å². The SMILES string of the molecule is O=C(NCc1cnc(-c2ccccc2)cn1)[C@@]12CCCN[C@@H]1COC2. The van der Waals surface area contributed by atoms with Gasteiger partial charge in [0.2, 0.25) is 5.91 Å². The molecule has 1 aromatic carbocycles. The summed E-state index contributed by atoms with van der Waals surface area (Å²) in [6.45, 7) is 2.44. The van der Waals surface area contributed by atoms with Gasteiger partial charge in [-0.15, -0.1) is 0 Å². The second kappa shape index (κ2) is 6.90. The molecule has 2 saturated heterocycles. The van der Waals surface area contributed by atoms with Crippen molar-refractivity contribution in [1.82, 2.24) is 20.6 Å². The van der Waals surface area contributed by atoms with Crippen molar-refractivity contribution in [2.24, 2.45) is 5.41 Å². The summed E-state index contributed by atoms with van der Waals surface area (Å²) in [6.07, 6.45) is 5.34. The fraction of sp³-hybridized carbons (Fsp3) is 0.421. The van der Waals surface area contributed by atoms with Crippen molar-refractivity contribution in [3.8, 4) is 11.3 Å².